The highest BCUT2D eigenvalue weighted by Crippen LogP contribution is 2.19. The van der Waals surface area contributed by atoms with Crippen LogP contribution in [0.15, 0.2) is 85.7 Å². The third-order valence-electron chi connectivity index (χ3n) is 4.67. The summed E-state index contributed by atoms with van der Waals surface area (Å²) < 4.78 is 3.49. The monoisotopic (exact) mass is 410 g/mol. The van der Waals surface area contributed by atoms with Gasteiger partial charge in [0.05, 0.1) is 17.4 Å². The van der Waals surface area contributed by atoms with Crippen molar-refractivity contribution in [1.82, 2.24) is 29.3 Å². The molecule has 3 heterocycles. The molecule has 5 rings (SSSR count). The van der Waals surface area contributed by atoms with Gasteiger partial charge in [0.25, 0.3) is 0 Å². The maximum absolute atomic E-state index is 12.4. The number of para-hydroxylation sites is 2. The number of aromatic nitrogens is 6. The summed E-state index contributed by atoms with van der Waals surface area (Å²) >= 11 is 0. The van der Waals surface area contributed by atoms with E-state index in [-0.39, 0.29) is 12.5 Å². The van der Waals surface area contributed by atoms with E-state index < -0.39 is 0 Å². The van der Waals surface area contributed by atoms with Gasteiger partial charge in [-0.15, -0.1) is 0 Å². The summed E-state index contributed by atoms with van der Waals surface area (Å²) in [6.07, 6.45) is 6.66. The minimum Gasteiger partial charge on any atom is -0.340 e. The van der Waals surface area contributed by atoms with E-state index in [0.29, 0.717) is 17.3 Å². The molecule has 0 aliphatic rings. The number of nitrogens with one attached hydrogen (secondary N) is 2. The molecule has 3 aromatic heterocycles. The zero-order valence-corrected chi connectivity index (χ0v) is 16.4. The van der Waals surface area contributed by atoms with Crippen LogP contribution in [0.1, 0.15) is 0 Å². The van der Waals surface area contributed by atoms with Gasteiger partial charge in [0, 0.05) is 29.8 Å². The molecule has 2 N–H and O–H groups in total. The second kappa shape index (κ2) is 8.07. The smallest absolute Gasteiger partial charge is 0.244 e. The third kappa shape index (κ3) is 4.10. The Labute approximate surface area is 177 Å². The van der Waals surface area contributed by atoms with Crippen LogP contribution in [0.2, 0.25) is 0 Å². The van der Waals surface area contributed by atoms with E-state index in [1.54, 1.807) is 23.3 Å². The van der Waals surface area contributed by atoms with E-state index in [9.17, 15) is 4.79 Å². The van der Waals surface area contributed by atoms with Gasteiger partial charge in [-0.1, -0.05) is 12.1 Å². The quantitative estimate of drug-likeness (QED) is 0.445. The highest BCUT2D eigenvalue weighted by Gasteiger charge is 2.08. The lowest BCUT2D eigenvalue weighted by atomic mass is 10.2. The Bertz CT molecular complexity index is 1330. The van der Waals surface area contributed by atoms with E-state index in [1.165, 1.54) is 6.33 Å². The fraction of sp³-hybridized carbons (Fsp3) is 0.0455. The van der Waals surface area contributed by atoms with E-state index >= 15 is 0 Å². The minimum absolute atomic E-state index is 0.122. The van der Waals surface area contributed by atoms with Crippen LogP contribution < -0.4 is 10.6 Å². The van der Waals surface area contributed by atoms with Crippen molar-refractivity contribution in [3.05, 3.63) is 85.7 Å². The van der Waals surface area contributed by atoms with Gasteiger partial charge in [0.2, 0.25) is 5.91 Å². The summed E-state index contributed by atoms with van der Waals surface area (Å²) in [6, 6.07) is 18.8. The molecule has 0 spiro atoms. The molecule has 9 heteroatoms. The molecule has 0 unspecified atom stereocenters. The average Bonchev–Trinajstić information content (AvgIpc) is 3.46. The van der Waals surface area contributed by atoms with Gasteiger partial charge in [-0.2, -0.15) is 5.10 Å². The number of hydrogen-bond acceptors (Lipinski definition) is 6. The number of hydrogen-bond donors (Lipinski definition) is 2. The summed E-state index contributed by atoms with van der Waals surface area (Å²) in [5, 5.41) is 10.3. The summed E-state index contributed by atoms with van der Waals surface area (Å²) in [7, 11) is 0. The molecular weight excluding hydrogens is 392 g/mol. The summed E-state index contributed by atoms with van der Waals surface area (Å²) in [5.41, 5.74) is 3.34. The van der Waals surface area contributed by atoms with Crippen LogP contribution in [0.5, 0.6) is 0 Å². The van der Waals surface area contributed by atoms with Crippen LogP contribution in [-0.2, 0) is 11.3 Å². The van der Waals surface area contributed by atoms with Crippen LogP contribution in [0.3, 0.4) is 0 Å². The number of amides is 1. The largest absolute Gasteiger partial charge is 0.340 e. The number of fused-ring (bicyclic) bond motifs is 1. The fourth-order valence-corrected chi connectivity index (χ4v) is 3.22. The minimum atomic E-state index is -0.122. The van der Waals surface area contributed by atoms with Gasteiger partial charge in [-0.25, -0.2) is 19.6 Å². The average molecular weight is 410 g/mol. The van der Waals surface area contributed by atoms with Crippen molar-refractivity contribution in [2.75, 3.05) is 10.6 Å². The zero-order chi connectivity index (χ0) is 21.0. The van der Waals surface area contributed by atoms with E-state index in [2.05, 4.69) is 30.7 Å². The normalized spacial score (nSPS) is 10.8. The number of rotatable bonds is 6. The highest BCUT2D eigenvalue weighted by atomic mass is 16.1. The van der Waals surface area contributed by atoms with Crippen molar-refractivity contribution < 1.29 is 4.79 Å². The molecule has 31 heavy (non-hydrogen) atoms. The molecule has 0 fully saturated rings. The number of anilines is 3. The van der Waals surface area contributed by atoms with Crippen molar-refractivity contribution in [1.29, 1.82) is 0 Å². The standard InChI is InChI=1S/C22H18N8O/c31-22(13-29-15-25-18-4-1-2-5-19(18)29)28-17-8-6-16(7-9-17)27-20-12-21(24-14-23-20)30-11-3-10-26-30/h1-12,14-15H,13H2,(H,28,31)(H,23,24,27). The van der Waals surface area contributed by atoms with Gasteiger partial charge in [0.1, 0.15) is 18.7 Å². The lowest BCUT2D eigenvalue weighted by Gasteiger charge is -2.09. The van der Waals surface area contributed by atoms with Crippen LogP contribution in [-0.4, -0.2) is 35.2 Å². The Hall–Kier alpha value is -4.53. The number of imidazole rings is 1. The zero-order valence-electron chi connectivity index (χ0n) is 16.4. The topological polar surface area (TPSA) is 103 Å². The second-order valence-electron chi connectivity index (χ2n) is 6.82. The molecule has 5 aromatic rings. The Morgan fingerprint density at radius 3 is 2.61 bits per heavy atom. The molecule has 0 radical (unpaired) electrons. The molecule has 0 saturated carbocycles. The van der Waals surface area contributed by atoms with E-state index in [0.717, 1.165) is 16.7 Å². The van der Waals surface area contributed by atoms with Gasteiger partial charge in [-0.05, 0) is 42.5 Å². The first-order valence-electron chi connectivity index (χ1n) is 9.63. The van der Waals surface area contributed by atoms with E-state index in [4.69, 9.17) is 0 Å². The fourth-order valence-electron chi connectivity index (χ4n) is 3.22. The molecule has 0 aliphatic carbocycles. The predicted octanol–water partition coefficient (Wildman–Crippen LogP) is 3.39. The maximum Gasteiger partial charge on any atom is 0.244 e. The Balaban J connectivity index is 1.23. The third-order valence-corrected chi connectivity index (χ3v) is 4.67. The number of carbonyl (C=O) groups is 1. The summed E-state index contributed by atoms with van der Waals surface area (Å²) in [6.45, 7) is 0.192. The lowest BCUT2D eigenvalue weighted by Crippen LogP contribution is -2.18. The van der Waals surface area contributed by atoms with Crippen molar-refractivity contribution in [3.63, 3.8) is 0 Å². The maximum atomic E-state index is 12.4. The van der Waals surface area contributed by atoms with Crippen LogP contribution in [0.25, 0.3) is 16.9 Å². The van der Waals surface area contributed by atoms with Crippen molar-refractivity contribution in [2.24, 2.45) is 0 Å². The number of nitrogens with zero attached hydrogens (tertiary/aromatic N) is 6. The van der Waals surface area contributed by atoms with Gasteiger partial charge >= 0.3 is 0 Å². The Kier molecular flexibility index (Phi) is 4.82. The summed E-state index contributed by atoms with van der Waals surface area (Å²) in [4.78, 5) is 25.2. The molecule has 1 amide bonds. The van der Waals surface area contributed by atoms with Gasteiger partial charge in [0.15, 0.2) is 5.82 Å². The van der Waals surface area contributed by atoms with Gasteiger partial charge in [-0.3, -0.25) is 4.79 Å². The number of benzene rings is 2. The number of carbonyl (C=O) groups excluding carboxylic acids is 1. The molecule has 0 aliphatic heterocycles. The molecule has 2 aromatic carbocycles. The van der Waals surface area contributed by atoms with Crippen LogP contribution in [0.4, 0.5) is 17.2 Å². The van der Waals surface area contributed by atoms with Crippen molar-refractivity contribution >= 4 is 34.1 Å². The Morgan fingerprint density at radius 1 is 0.935 bits per heavy atom. The second-order valence-corrected chi connectivity index (χ2v) is 6.82. The predicted molar refractivity (Wildman–Crippen MR) is 117 cm³/mol. The SMILES string of the molecule is O=C(Cn1cnc2ccccc21)Nc1ccc(Nc2cc(-n3cccn3)ncn2)cc1. The molecule has 0 bridgehead atoms. The van der Waals surface area contributed by atoms with Gasteiger partial charge < -0.3 is 15.2 Å². The molecule has 0 saturated heterocycles. The molecule has 152 valence electrons. The Morgan fingerprint density at radius 2 is 1.77 bits per heavy atom. The molecule has 9 nitrogen and oxygen atoms in total. The van der Waals surface area contributed by atoms with E-state index in [1.807, 2.05) is 65.4 Å². The first-order valence-corrected chi connectivity index (χ1v) is 9.63. The highest BCUT2D eigenvalue weighted by molar-refractivity contribution is 5.91. The first kappa shape index (κ1) is 18.5. The van der Waals surface area contributed by atoms with Crippen molar-refractivity contribution in [2.45, 2.75) is 6.54 Å². The molecular formula is C22H18N8O. The first-order chi connectivity index (χ1) is 15.2. The summed E-state index contributed by atoms with van der Waals surface area (Å²) in [5.74, 6) is 1.19. The van der Waals surface area contributed by atoms with Crippen molar-refractivity contribution in [3.8, 4) is 5.82 Å². The van der Waals surface area contributed by atoms with Crippen LogP contribution in [0, 0.1) is 0 Å². The van der Waals surface area contributed by atoms with Crippen LogP contribution >= 0.6 is 0 Å². The lowest BCUT2D eigenvalue weighted by molar-refractivity contribution is -0.116. The molecule has 0 atom stereocenters.